The van der Waals surface area contributed by atoms with Crippen LogP contribution in [0.1, 0.15) is 16.7 Å². The first-order valence-electron chi connectivity index (χ1n) is 9.47. The van der Waals surface area contributed by atoms with Gasteiger partial charge in [-0.15, -0.1) is 11.1 Å². The minimum absolute atomic E-state index is 0.224. The number of aromatic nitrogens is 1. The molecular weight excluding hydrogens is 402 g/mol. The van der Waals surface area contributed by atoms with Crippen molar-refractivity contribution in [3.63, 3.8) is 0 Å². The molecule has 30 heavy (non-hydrogen) atoms. The lowest BCUT2D eigenvalue weighted by molar-refractivity contribution is 0.214. The number of para-hydroxylation sites is 1. The second-order valence-corrected chi connectivity index (χ2v) is 7.49. The van der Waals surface area contributed by atoms with E-state index < -0.39 is 0 Å². The first-order chi connectivity index (χ1) is 14.5. The zero-order chi connectivity index (χ0) is 21.3. The zero-order valence-electron chi connectivity index (χ0n) is 16.9. The number of hydrogen-bond acceptors (Lipinski definition) is 5. The Kier molecular flexibility index (Phi) is 5.59. The molecule has 2 amide bonds. The maximum atomic E-state index is 12.4. The molecule has 1 aliphatic heterocycles. The van der Waals surface area contributed by atoms with Gasteiger partial charge in [-0.1, -0.05) is 35.9 Å². The molecule has 0 radical (unpaired) electrons. The largest absolute Gasteiger partial charge is 0.486 e. The number of carbonyl (C=O) groups excluding carboxylic acids is 1. The number of hydrazine groups is 3. The summed E-state index contributed by atoms with van der Waals surface area (Å²) in [6.45, 7) is 4.35. The van der Waals surface area contributed by atoms with Crippen LogP contribution in [0.3, 0.4) is 0 Å². The van der Waals surface area contributed by atoms with Crippen LogP contribution in [0.25, 0.3) is 11.3 Å². The van der Waals surface area contributed by atoms with E-state index in [9.17, 15) is 4.79 Å². The molecule has 0 spiro atoms. The molecule has 0 bridgehead atoms. The Morgan fingerprint density at radius 3 is 2.60 bits per heavy atom. The number of anilines is 1. The minimum Gasteiger partial charge on any atom is -0.486 e. The molecule has 2 N–H and O–H groups in total. The van der Waals surface area contributed by atoms with Crippen molar-refractivity contribution < 1.29 is 9.53 Å². The standard InChI is InChI=1S/C22H22ClN5O2/c1-14-6-4-8-19(28-22(29)27(3)25-26-28)21(14)30-13-17-10-9-16(12-15(17)2)20-18(23)7-5-11-24-20/h4-12,25-26H,13H2,1-3H3. The number of amides is 2. The lowest BCUT2D eigenvalue weighted by Gasteiger charge is -2.20. The van der Waals surface area contributed by atoms with Crippen molar-refractivity contribution in [3.05, 3.63) is 76.4 Å². The summed E-state index contributed by atoms with van der Waals surface area (Å²) < 4.78 is 6.18. The van der Waals surface area contributed by atoms with Gasteiger partial charge in [0.15, 0.2) is 0 Å². The number of ether oxygens (including phenoxy) is 1. The van der Waals surface area contributed by atoms with Crippen LogP contribution < -0.4 is 20.8 Å². The number of urea groups is 1. The molecule has 4 rings (SSSR count). The van der Waals surface area contributed by atoms with E-state index >= 15 is 0 Å². The minimum atomic E-state index is -0.224. The van der Waals surface area contributed by atoms with Gasteiger partial charge in [0.05, 0.1) is 10.7 Å². The maximum absolute atomic E-state index is 12.4. The van der Waals surface area contributed by atoms with E-state index in [1.54, 1.807) is 13.2 Å². The Labute approximate surface area is 180 Å². The molecule has 3 aromatic rings. The highest BCUT2D eigenvalue weighted by molar-refractivity contribution is 6.33. The number of halogens is 1. The summed E-state index contributed by atoms with van der Waals surface area (Å²) >= 11 is 6.28. The molecular formula is C22H22ClN5O2. The van der Waals surface area contributed by atoms with Crippen LogP contribution in [0.4, 0.5) is 10.5 Å². The van der Waals surface area contributed by atoms with E-state index in [2.05, 4.69) is 22.1 Å². The number of hydrogen-bond donors (Lipinski definition) is 2. The van der Waals surface area contributed by atoms with Crippen molar-refractivity contribution in [1.82, 2.24) is 21.1 Å². The van der Waals surface area contributed by atoms with Crippen LogP contribution >= 0.6 is 11.6 Å². The van der Waals surface area contributed by atoms with E-state index in [1.165, 1.54) is 10.0 Å². The van der Waals surface area contributed by atoms with Crippen molar-refractivity contribution >= 4 is 23.3 Å². The molecule has 1 fully saturated rings. The summed E-state index contributed by atoms with van der Waals surface area (Å²) in [6.07, 6.45) is 1.73. The second kappa shape index (κ2) is 8.31. The predicted molar refractivity (Wildman–Crippen MR) is 117 cm³/mol. The highest BCUT2D eigenvalue weighted by Gasteiger charge is 2.29. The fourth-order valence-electron chi connectivity index (χ4n) is 3.29. The predicted octanol–water partition coefficient (Wildman–Crippen LogP) is 4.39. The first kappa shape index (κ1) is 20.2. The van der Waals surface area contributed by atoms with Crippen molar-refractivity contribution in [2.24, 2.45) is 0 Å². The quantitative estimate of drug-likeness (QED) is 0.636. The molecule has 154 valence electrons. The Morgan fingerprint density at radius 2 is 1.90 bits per heavy atom. The van der Waals surface area contributed by atoms with E-state index in [0.717, 1.165) is 27.9 Å². The van der Waals surface area contributed by atoms with Gasteiger partial charge < -0.3 is 4.74 Å². The van der Waals surface area contributed by atoms with Gasteiger partial charge >= 0.3 is 6.03 Å². The monoisotopic (exact) mass is 423 g/mol. The zero-order valence-corrected chi connectivity index (χ0v) is 17.7. The van der Waals surface area contributed by atoms with Crippen molar-refractivity contribution in [3.8, 4) is 17.0 Å². The number of carbonyl (C=O) groups is 1. The molecule has 0 atom stereocenters. The Morgan fingerprint density at radius 1 is 1.07 bits per heavy atom. The van der Waals surface area contributed by atoms with Crippen molar-refractivity contribution in [2.75, 3.05) is 12.1 Å². The molecule has 7 nitrogen and oxygen atoms in total. The van der Waals surface area contributed by atoms with E-state index in [4.69, 9.17) is 16.3 Å². The van der Waals surface area contributed by atoms with Gasteiger partial charge in [0, 0.05) is 18.8 Å². The Bertz CT molecular complexity index is 1100. The first-order valence-corrected chi connectivity index (χ1v) is 9.85. The molecule has 0 aliphatic carbocycles. The number of aryl methyl sites for hydroxylation is 2. The maximum Gasteiger partial charge on any atom is 0.355 e. The number of nitrogens with zero attached hydrogens (tertiary/aromatic N) is 3. The fraction of sp³-hybridized carbons (Fsp3) is 0.182. The molecule has 0 saturated carbocycles. The summed E-state index contributed by atoms with van der Waals surface area (Å²) in [7, 11) is 1.64. The normalized spacial score (nSPS) is 13.8. The average molecular weight is 424 g/mol. The second-order valence-electron chi connectivity index (χ2n) is 7.09. The van der Waals surface area contributed by atoms with Crippen molar-refractivity contribution in [1.29, 1.82) is 0 Å². The highest BCUT2D eigenvalue weighted by Crippen LogP contribution is 2.33. The molecule has 8 heteroatoms. The lowest BCUT2D eigenvalue weighted by Crippen LogP contribution is -2.38. The summed E-state index contributed by atoms with van der Waals surface area (Å²) in [5, 5.41) is 3.39. The smallest absolute Gasteiger partial charge is 0.355 e. The number of benzene rings is 2. The Balaban J connectivity index is 1.57. The SMILES string of the molecule is Cc1cc(-c2ncccc2Cl)ccc1COc1c(C)cccc1N1NNN(C)C1=O. The Hall–Kier alpha value is -3.13. The van der Waals surface area contributed by atoms with Crippen LogP contribution in [0, 0.1) is 13.8 Å². The number of pyridine rings is 1. The summed E-state index contributed by atoms with van der Waals surface area (Å²) in [4.78, 5) is 16.7. The number of rotatable bonds is 5. The number of nitrogens with one attached hydrogen (secondary N) is 2. The van der Waals surface area contributed by atoms with Crippen LogP contribution in [-0.4, -0.2) is 23.1 Å². The van der Waals surface area contributed by atoms with E-state index in [0.29, 0.717) is 23.1 Å². The van der Waals surface area contributed by atoms with Gasteiger partial charge in [-0.2, -0.15) is 0 Å². The van der Waals surface area contributed by atoms with Gasteiger partial charge in [-0.05, 0) is 54.8 Å². The van der Waals surface area contributed by atoms with Crippen molar-refractivity contribution in [2.45, 2.75) is 20.5 Å². The van der Waals surface area contributed by atoms with E-state index in [-0.39, 0.29) is 6.03 Å². The van der Waals surface area contributed by atoms with Gasteiger partial charge in [-0.3, -0.25) is 4.98 Å². The average Bonchev–Trinajstić information content (AvgIpc) is 3.06. The summed E-state index contributed by atoms with van der Waals surface area (Å²) in [6, 6.07) is 15.2. The van der Waals surface area contributed by atoms with Gasteiger partial charge in [0.1, 0.15) is 18.0 Å². The lowest BCUT2D eigenvalue weighted by atomic mass is 10.0. The molecule has 0 unspecified atom stereocenters. The van der Waals surface area contributed by atoms with Crippen LogP contribution in [-0.2, 0) is 6.61 Å². The third-order valence-electron chi connectivity index (χ3n) is 4.99. The molecule has 2 heterocycles. The molecule has 1 aromatic heterocycles. The molecule has 2 aromatic carbocycles. The molecule has 1 saturated heterocycles. The van der Waals surface area contributed by atoms with Gasteiger partial charge in [-0.25, -0.2) is 14.8 Å². The topological polar surface area (TPSA) is 69.7 Å². The third kappa shape index (κ3) is 3.82. The van der Waals surface area contributed by atoms with E-state index in [1.807, 2.05) is 56.3 Å². The van der Waals surface area contributed by atoms with Crippen LogP contribution in [0.5, 0.6) is 5.75 Å². The van der Waals surface area contributed by atoms with Crippen LogP contribution in [0.2, 0.25) is 5.02 Å². The highest BCUT2D eigenvalue weighted by atomic mass is 35.5. The summed E-state index contributed by atoms with van der Waals surface area (Å²) in [5.41, 5.74) is 11.0. The fourth-order valence-corrected chi connectivity index (χ4v) is 3.52. The van der Waals surface area contributed by atoms with Gasteiger partial charge in [0.25, 0.3) is 0 Å². The van der Waals surface area contributed by atoms with Gasteiger partial charge in [0.2, 0.25) is 0 Å². The van der Waals surface area contributed by atoms with Crippen LogP contribution in [0.15, 0.2) is 54.7 Å². The molecule has 1 aliphatic rings. The third-order valence-corrected chi connectivity index (χ3v) is 5.29. The summed E-state index contributed by atoms with van der Waals surface area (Å²) in [5.74, 6) is 0.645.